The van der Waals surface area contributed by atoms with Crippen molar-refractivity contribution in [3.8, 4) is 11.5 Å². The fraction of sp³-hybridized carbons (Fsp3) is 0.556. The molecular formula is C18H22FN3O2. The molecule has 1 aromatic heterocycles. The minimum atomic E-state index is -0.452. The van der Waals surface area contributed by atoms with Gasteiger partial charge in [0.05, 0.1) is 0 Å². The molecule has 1 aliphatic heterocycles. The van der Waals surface area contributed by atoms with Crippen LogP contribution in [-0.4, -0.2) is 27.3 Å². The van der Waals surface area contributed by atoms with Crippen LogP contribution in [0.3, 0.4) is 0 Å². The molecule has 1 aliphatic carbocycles. The molecule has 0 bridgehead atoms. The summed E-state index contributed by atoms with van der Waals surface area (Å²) in [7, 11) is 0. The molecule has 0 N–H and O–H groups in total. The Labute approximate surface area is 140 Å². The summed E-state index contributed by atoms with van der Waals surface area (Å²) in [5.74, 6) is 0.230. The average Bonchev–Trinajstić information content (AvgIpc) is 2.97. The van der Waals surface area contributed by atoms with Crippen molar-refractivity contribution in [1.29, 1.82) is 0 Å². The zero-order chi connectivity index (χ0) is 16.5. The Morgan fingerprint density at radius 2 is 1.88 bits per heavy atom. The summed E-state index contributed by atoms with van der Waals surface area (Å²) in [5, 5.41) is 4.31. The zero-order valence-corrected chi connectivity index (χ0v) is 13.7. The molecule has 2 fully saturated rings. The van der Waals surface area contributed by atoms with Gasteiger partial charge in [-0.3, -0.25) is 4.90 Å². The van der Waals surface area contributed by atoms with Crippen molar-refractivity contribution in [3.05, 3.63) is 40.6 Å². The molecule has 1 saturated carbocycles. The molecule has 1 saturated heterocycles. The number of nitrogens with zero attached hydrogens (tertiary/aromatic N) is 3. The summed E-state index contributed by atoms with van der Waals surface area (Å²) in [5.41, 5.74) is 0.612. The standard InChI is InChI=1S/C18H22FN3O2/c19-15-9-7-14(8-10-15)17-20-22(18(23)24-17)12-21-11-3-5-13-4-1-2-6-16(13)21/h7-10,13,16H,1-6,11-12H2/t13-,16+/m1/s1. The number of benzene rings is 1. The predicted octanol–water partition coefficient (Wildman–Crippen LogP) is 3.25. The lowest BCUT2D eigenvalue weighted by Crippen LogP contribution is -2.48. The maximum atomic E-state index is 13.0. The lowest BCUT2D eigenvalue weighted by Gasteiger charge is -2.43. The van der Waals surface area contributed by atoms with Crippen LogP contribution in [-0.2, 0) is 6.67 Å². The van der Waals surface area contributed by atoms with E-state index >= 15 is 0 Å². The Hall–Kier alpha value is -1.95. The summed E-state index contributed by atoms with van der Waals surface area (Å²) >= 11 is 0. The maximum Gasteiger partial charge on any atom is 0.438 e. The van der Waals surface area contributed by atoms with Crippen LogP contribution >= 0.6 is 0 Å². The molecule has 2 aromatic rings. The van der Waals surface area contributed by atoms with Crippen molar-refractivity contribution in [2.45, 2.75) is 51.2 Å². The molecule has 2 atom stereocenters. The quantitative estimate of drug-likeness (QED) is 0.866. The van der Waals surface area contributed by atoms with E-state index in [9.17, 15) is 9.18 Å². The number of aromatic nitrogens is 2. The third-order valence-electron chi connectivity index (χ3n) is 5.37. The van der Waals surface area contributed by atoms with E-state index in [4.69, 9.17) is 4.42 Å². The second kappa shape index (κ2) is 6.51. The van der Waals surface area contributed by atoms with Gasteiger partial charge < -0.3 is 4.42 Å². The minimum absolute atomic E-state index is 0.247. The van der Waals surface area contributed by atoms with E-state index in [-0.39, 0.29) is 11.7 Å². The molecular weight excluding hydrogens is 309 g/mol. The average molecular weight is 331 g/mol. The third kappa shape index (κ3) is 3.02. The number of halogens is 1. The molecule has 128 valence electrons. The Kier molecular flexibility index (Phi) is 4.22. The number of piperidine rings is 1. The Morgan fingerprint density at radius 1 is 1.12 bits per heavy atom. The Bertz CT molecular complexity index is 750. The van der Waals surface area contributed by atoms with Crippen molar-refractivity contribution in [1.82, 2.24) is 14.7 Å². The van der Waals surface area contributed by atoms with Crippen LogP contribution in [0.5, 0.6) is 0 Å². The lowest BCUT2D eigenvalue weighted by molar-refractivity contribution is 0.0311. The van der Waals surface area contributed by atoms with E-state index < -0.39 is 5.76 Å². The van der Waals surface area contributed by atoms with E-state index in [0.29, 0.717) is 18.3 Å². The summed E-state index contributed by atoms with van der Waals surface area (Å²) in [6.07, 6.45) is 7.59. The van der Waals surface area contributed by atoms with Crippen LogP contribution in [0.15, 0.2) is 33.5 Å². The van der Waals surface area contributed by atoms with Gasteiger partial charge in [-0.05, 0) is 55.9 Å². The first kappa shape index (κ1) is 15.6. The van der Waals surface area contributed by atoms with Crippen molar-refractivity contribution in [3.63, 3.8) is 0 Å². The molecule has 0 spiro atoms. The molecule has 24 heavy (non-hydrogen) atoms. The van der Waals surface area contributed by atoms with Crippen molar-refractivity contribution < 1.29 is 8.81 Å². The molecule has 1 aromatic carbocycles. The van der Waals surface area contributed by atoms with Gasteiger partial charge in [0.25, 0.3) is 0 Å². The SMILES string of the molecule is O=c1oc(-c2ccc(F)cc2)nn1CN1CCC[C@H]2CCCC[C@@H]21. The molecule has 6 heteroatoms. The highest BCUT2D eigenvalue weighted by Crippen LogP contribution is 2.35. The maximum absolute atomic E-state index is 13.0. The minimum Gasteiger partial charge on any atom is -0.388 e. The van der Waals surface area contributed by atoms with E-state index in [2.05, 4.69) is 10.00 Å². The summed E-state index contributed by atoms with van der Waals surface area (Å²) in [4.78, 5) is 14.5. The normalized spacial score (nSPS) is 24.7. The van der Waals surface area contributed by atoms with Gasteiger partial charge in [-0.2, -0.15) is 4.68 Å². The molecule has 2 heterocycles. The topological polar surface area (TPSA) is 51.3 Å². The molecule has 2 aliphatic rings. The van der Waals surface area contributed by atoms with Crippen molar-refractivity contribution in [2.75, 3.05) is 6.54 Å². The number of hydrogen-bond donors (Lipinski definition) is 0. The molecule has 0 radical (unpaired) electrons. The van der Waals surface area contributed by atoms with Gasteiger partial charge in [-0.15, -0.1) is 5.10 Å². The summed E-state index contributed by atoms with van der Waals surface area (Å²) < 4.78 is 19.7. The molecule has 0 amide bonds. The zero-order valence-electron chi connectivity index (χ0n) is 13.7. The monoisotopic (exact) mass is 331 g/mol. The molecule has 0 unspecified atom stereocenters. The van der Waals surface area contributed by atoms with Gasteiger partial charge in [0, 0.05) is 18.2 Å². The highest BCUT2D eigenvalue weighted by molar-refractivity contribution is 5.51. The second-order valence-corrected chi connectivity index (χ2v) is 6.89. The van der Waals surface area contributed by atoms with Crippen LogP contribution in [0.2, 0.25) is 0 Å². The summed E-state index contributed by atoms with van der Waals surface area (Å²) in [6, 6.07) is 6.38. The second-order valence-electron chi connectivity index (χ2n) is 6.89. The van der Waals surface area contributed by atoms with Crippen molar-refractivity contribution >= 4 is 0 Å². The smallest absolute Gasteiger partial charge is 0.388 e. The number of fused-ring (bicyclic) bond motifs is 1. The highest BCUT2D eigenvalue weighted by Gasteiger charge is 2.33. The Morgan fingerprint density at radius 3 is 2.71 bits per heavy atom. The summed E-state index contributed by atoms with van der Waals surface area (Å²) in [6.45, 7) is 1.48. The van der Waals surface area contributed by atoms with Crippen LogP contribution < -0.4 is 5.76 Å². The first-order valence-electron chi connectivity index (χ1n) is 8.78. The van der Waals surface area contributed by atoms with E-state index in [1.807, 2.05) is 0 Å². The molecule has 4 rings (SSSR count). The molecule has 5 nitrogen and oxygen atoms in total. The number of hydrogen-bond acceptors (Lipinski definition) is 4. The van der Waals surface area contributed by atoms with Gasteiger partial charge >= 0.3 is 5.76 Å². The van der Waals surface area contributed by atoms with Gasteiger partial charge in [0.15, 0.2) is 0 Å². The van der Waals surface area contributed by atoms with Crippen LogP contribution in [0.1, 0.15) is 38.5 Å². The van der Waals surface area contributed by atoms with Gasteiger partial charge in [0.1, 0.15) is 12.5 Å². The van der Waals surface area contributed by atoms with Crippen LogP contribution in [0.25, 0.3) is 11.5 Å². The van der Waals surface area contributed by atoms with Gasteiger partial charge in [-0.1, -0.05) is 12.8 Å². The predicted molar refractivity (Wildman–Crippen MR) is 87.8 cm³/mol. The van der Waals surface area contributed by atoms with E-state index in [1.165, 1.54) is 55.3 Å². The van der Waals surface area contributed by atoms with Crippen LogP contribution in [0, 0.1) is 11.7 Å². The fourth-order valence-corrected chi connectivity index (χ4v) is 4.18. The van der Waals surface area contributed by atoms with E-state index in [1.54, 1.807) is 12.1 Å². The fourth-order valence-electron chi connectivity index (χ4n) is 4.18. The lowest BCUT2D eigenvalue weighted by atomic mass is 9.78. The third-order valence-corrected chi connectivity index (χ3v) is 5.37. The van der Waals surface area contributed by atoms with Gasteiger partial charge in [0.2, 0.25) is 5.89 Å². The Balaban J connectivity index is 1.54. The van der Waals surface area contributed by atoms with Crippen molar-refractivity contribution in [2.24, 2.45) is 5.92 Å². The number of likely N-dealkylation sites (tertiary alicyclic amines) is 1. The van der Waals surface area contributed by atoms with Gasteiger partial charge in [-0.25, -0.2) is 9.18 Å². The first-order valence-corrected chi connectivity index (χ1v) is 8.78. The van der Waals surface area contributed by atoms with E-state index in [0.717, 1.165) is 12.5 Å². The number of rotatable bonds is 3. The first-order chi connectivity index (χ1) is 11.7. The highest BCUT2D eigenvalue weighted by atomic mass is 19.1. The largest absolute Gasteiger partial charge is 0.438 e. The van der Waals surface area contributed by atoms with Crippen LogP contribution in [0.4, 0.5) is 4.39 Å².